The second kappa shape index (κ2) is 3.34. The van der Waals surface area contributed by atoms with Crippen LogP contribution in [-0.4, -0.2) is 9.91 Å². The minimum absolute atomic E-state index is 0.102. The fourth-order valence-corrected chi connectivity index (χ4v) is 1.78. The largest absolute Gasteiger partial charge is 0.277 e. The zero-order chi connectivity index (χ0) is 10.1. The first-order valence-corrected chi connectivity index (χ1v) is 4.67. The summed E-state index contributed by atoms with van der Waals surface area (Å²) >= 11 is 3.25. The van der Waals surface area contributed by atoms with Gasteiger partial charge < -0.3 is 0 Å². The standard InChI is InChI=1S/C9H5BrN2O2/c10-9-7-2-1-3-8(12(13)14)6(7)4-5-11-9/h1-5H. The Kier molecular flexibility index (Phi) is 2.17. The second-order valence-electron chi connectivity index (χ2n) is 2.73. The SMILES string of the molecule is O=[N+]([O-])c1cccc2c(Br)nccc12. The molecule has 4 nitrogen and oxygen atoms in total. The van der Waals surface area contributed by atoms with Gasteiger partial charge in [0.2, 0.25) is 0 Å². The molecule has 1 aromatic heterocycles. The van der Waals surface area contributed by atoms with Crippen LogP contribution in [0.4, 0.5) is 5.69 Å². The van der Waals surface area contributed by atoms with E-state index >= 15 is 0 Å². The predicted octanol–water partition coefficient (Wildman–Crippen LogP) is 2.91. The average Bonchev–Trinajstić information content (AvgIpc) is 2.17. The molecule has 0 aliphatic carbocycles. The molecule has 0 fully saturated rings. The van der Waals surface area contributed by atoms with Crippen molar-refractivity contribution >= 4 is 32.4 Å². The molecule has 0 atom stereocenters. The first-order valence-electron chi connectivity index (χ1n) is 3.88. The molecule has 0 saturated carbocycles. The van der Waals surface area contributed by atoms with Gasteiger partial charge in [-0.25, -0.2) is 4.98 Å². The van der Waals surface area contributed by atoms with Crippen LogP contribution >= 0.6 is 15.9 Å². The summed E-state index contributed by atoms with van der Waals surface area (Å²) in [5.41, 5.74) is 0.102. The smallest absolute Gasteiger partial charge is 0.258 e. The van der Waals surface area contributed by atoms with Crippen LogP contribution in [0.5, 0.6) is 0 Å². The first-order chi connectivity index (χ1) is 6.70. The number of nitro groups is 1. The van der Waals surface area contributed by atoms with E-state index < -0.39 is 4.92 Å². The minimum atomic E-state index is -0.394. The Morgan fingerprint density at radius 3 is 2.79 bits per heavy atom. The monoisotopic (exact) mass is 252 g/mol. The zero-order valence-corrected chi connectivity index (χ0v) is 8.56. The molecule has 2 rings (SSSR count). The van der Waals surface area contributed by atoms with Crippen LogP contribution in [-0.2, 0) is 0 Å². The Morgan fingerprint density at radius 1 is 1.29 bits per heavy atom. The average molecular weight is 253 g/mol. The molecule has 1 heterocycles. The van der Waals surface area contributed by atoms with E-state index in [0.717, 1.165) is 5.39 Å². The number of nitrogens with zero attached hydrogens (tertiary/aromatic N) is 2. The number of rotatable bonds is 1. The second-order valence-corrected chi connectivity index (χ2v) is 3.48. The lowest BCUT2D eigenvalue weighted by molar-refractivity contribution is -0.383. The van der Waals surface area contributed by atoms with Crippen LogP contribution in [0.15, 0.2) is 35.1 Å². The molecule has 5 heteroatoms. The van der Waals surface area contributed by atoms with Gasteiger partial charge in [-0.15, -0.1) is 0 Å². The highest BCUT2D eigenvalue weighted by molar-refractivity contribution is 9.10. The molecule has 70 valence electrons. The first kappa shape index (κ1) is 9.08. The van der Waals surface area contributed by atoms with Gasteiger partial charge in [-0.05, 0) is 22.0 Å². The summed E-state index contributed by atoms with van der Waals surface area (Å²) < 4.78 is 0.624. The Morgan fingerprint density at radius 2 is 2.07 bits per heavy atom. The lowest BCUT2D eigenvalue weighted by Crippen LogP contribution is -1.90. The van der Waals surface area contributed by atoms with E-state index in [1.165, 1.54) is 6.07 Å². The van der Waals surface area contributed by atoms with E-state index in [1.807, 2.05) is 0 Å². The number of halogens is 1. The number of hydrogen-bond donors (Lipinski definition) is 0. The third kappa shape index (κ3) is 1.35. The number of aromatic nitrogens is 1. The van der Waals surface area contributed by atoms with Crippen molar-refractivity contribution in [2.45, 2.75) is 0 Å². The van der Waals surface area contributed by atoms with Gasteiger partial charge in [-0.1, -0.05) is 12.1 Å². The number of non-ortho nitro benzene ring substituents is 1. The molecule has 0 amide bonds. The Hall–Kier alpha value is -1.49. The number of nitro benzene ring substituents is 1. The van der Waals surface area contributed by atoms with Crippen molar-refractivity contribution in [3.05, 3.63) is 45.2 Å². The van der Waals surface area contributed by atoms with Crippen molar-refractivity contribution in [1.29, 1.82) is 0 Å². The van der Waals surface area contributed by atoms with Crippen LogP contribution in [0, 0.1) is 10.1 Å². The Balaban J connectivity index is 2.88. The van der Waals surface area contributed by atoms with Gasteiger partial charge in [0.25, 0.3) is 5.69 Å². The van der Waals surface area contributed by atoms with E-state index in [2.05, 4.69) is 20.9 Å². The van der Waals surface area contributed by atoms with Gasteiger partial charge in [0, 0.05) is 17.6 Å². The van der Waals surface area contributed by atoms with Gasteiger partial charge >= 0.3 is 0 Å². The number of benzene rings is 1. The Labute approximate surface area is 87.9 Å². The summed E-state index contributed by atoms with van der Waals surface area (Å²) in [6.07, 6.45) is 1.54. The van der Waals surface area contributed by atoms with Crippen LogP contribution < -0.4 is 0 Å². The lowest BCUT2D eigenvalue weighted by Gasteiger charge is -1.99. The maximum absolute atomic E-state index is 10.7. The van der Waals surface area contributed by atoms with Crippen molar-refractivity contribution in [3.63, 3.8) is 0 Å². The minimum Gasteiger partial charge on any atom is -0.258 e. The van der Waals surface area contributed by atoms with Crippen molar-refractivity contribution in [2.24, 2.45) is 0 Å². The fraction of sp³-hybridized carbons (Fsp3) is 0. The van der Waals surface area contributed by atoms with Gasteiger partial charge in [0.1, 0.15) is 4.60 Å². The summed E-state index contributed by atoms with van der Waals surface area (Å²) in [4.78, 5) is 14.3. The topological polar surface area (TPSA) is 56.0 Å². The molecule has 1 aromatic carbocycles. The number of hydrogen-bond acceptors (Lipinski definition) is 3. The molecule has 0 N–H and O–H groups in total. The maximum Gasteiger partial charge on any atom is 0.277 e. The van der Waals surface area contributed by atoms with E-state index in [1.54, 1.807) is 24.4 Å². The highest BCUT2D eigenvalue weighted by Gasteiger charge is 2.11. The Bertz CT molecular complexity index is 513. The van der Waals surface area contributed by atoms with Gasteiger partial charge in [0.05, 0.1) is 10.3 Å². The van der Waals surface area contributed by atoms with E-state index in [4.69, 9.17) is 0 Å². The van der Waals surface area contributed by atoms with Crippen molar-refractivity contribution in [1.82, 2.24) is 4.98 Å². The highest BCUT2D eigenvalue weighted by Crippen LogP contribution is 2.28. The maximum atomic E-state index is 10.7. The molecule has 0 unspecified atom stereocenters. The number of pyridine rings is 1. The van der Waals surface area contributed by atoms with Crippen molar-refractivity contribution in [2.75, 3.05) is 0 Å². The van der Waals surface area contributed by atoms with Crippen LogP contribution in [0.25, 0.3) is 10.8 Å². The normalized spacial score (nSPS) is 10.4. The third-order valence-corrected chi connectivity index (χ3v) is 2.56. The molecule has 2 aromatic rings. The summed E-state index contributed by atoms with van der Waals surface area (Å²) in [6, 6.07) is 6.55. The molecule has 0 radical (unpaired) electrons. The van der Waals surface area contributed by atoms with Gasteiger partial charge in [0.15, 0.2) is 0 Å². The van der Waals surface area contributed by atoms with E-state index in [0.29, 0.717) is 9.99 Å². The van der Waals surface area contributed by atoms with Crippen LogP contribution in [0.2, 0.25) is 0 Å². The summed E-state index contributed by atoms with van der Waals surface area (Å²) in [7, 11) is 0. The van der Waals surface area contributed by atoms with Crippen molar-refractivity contribution < 1.29 is 4.92 Å². The number of fused-ring (bicyclic) bond motifs is 1. The summed E-state index contributed by atoms with van der Waals surface area (Å²) in [5.74, 6) is 0. The fourth-order valence-electron chi connectivity index (χ4n) is 1.31. The predicted molar refractivity (Wildman–Crippen MR) is 56.1 cm³/mol. The van der Waals surface area contributed by atoms with Gasteiger partial charge in [-0.3, -0.25) is 10.1 Å². The van der Waals surface area contributed by atoms with E-state index in [9.17, 15) is 10.1 Å². The highest BCUT2D eigenvalue weighted by atomic mass is 79.9. The zero-order valence-electron chi connectivity index (χ0n) is 6.98. The van der Waals surface area contributed by atoms with Gasteiger partial charge in [-0.2, -0.15) is 0 Å². The van der Waals surface area contributed by atoms with E-state index in [-0.39, 0.29) is 5.69 Å². The molecule has 0 saturated heterocycles. The quantitative estimate of drug-likeness (QED) is 0.446. The molecular weight excluding hydrogens is 248 g/mol. The van der Waals surface area contributed by atoms with Crippen LogP contribution in [0.3, 0.4) is 0 Å². The molecule has 0 aliphatic rings. The molecule has 0 spiro atoms. The molecular formula is C9H5BrN2O2. The molecule has 0 bridgehead atoms. The summed E-state index contributed by atoms with van der Waals surface area (Å²) in [6.45, 7) is 0. The third-order valence-electron chi connectivity index (χ3n) is 1.93. The van der Waals surface area contributed by atoms with Crippen molar-refractivity contribution in [3.8, 4) is 0 Å². The molecule has 0 aliphatic heterocycles. The molecule has 14 heavy (non-hydrogen) atoms. The van der Waals surface area contributed by atoms with Crippen LogP contribution in [0.1, 0.15) is 0 Å². The summed E-state index contributed by atoms with van der Waals surface area (Å²) in [5, 5.41) is 12.0. The lowest BCUT2D eigenvalue weighted by atomic mass is 10.1.